The molecule has 0 aromatic heterocycles. The number of allylic oxidation sites excluding steroid dienone is 1. The van der Waals surface area contributed by atoms with Gasteiger partial charge in [-0.3, -0.25) is 4.90 Å². The molecule has 6 aliphatic heterocycles. The minimum atomic E-state index is -0.134. The minimum Gasteiger partial charge on any atom is -0.497 e. The molecule has 1 aromatic rings. The molecule has 6 heterocycles. The highest BCUT2D eigenvalue weighted by atomic mass is 16.5. The lowest BCUT2D eigenvalue weighted by atomic mass is 9.68. The summed E-state index contributed by atoms with van der Waals surface area (Å²) in [6.45, 7) is 4.08. The largest absolute Gasteiger partial charge is 0.497 e. The predicted octanol–water partition coefficient (Wildman–Crippen LogP) is 3.05. The molecular weight excluding hydrogens is 328 g/mol. The molecule has 0 amide bonds. The number of ether oxygens (including phenoxy) is 3. The van der Waals surface area contributed by atoms with Crippen LogP contribution >= 0.6 is 0 Å². The molecule has 5 bridgehead atoms. The summed E-state index contributed by atoms with van der Waals surface area (Å²) < 4.78 is 17.6. The Morgan fingerprint density at radius 2 is 2.19 bits per heavy atom. The molecule has 6 unspecified atom stereocenters. The van der Waals surface area contributed by atoms with Gasteiger partial charge in [-0.05, 0) is 31.7 Å². The summed E-state index contributed by atoms with van der Waals surface area (Å²) >= 11 is 0. The Morgan fingerprint density at radius 1 is 1.31 bits per heavy atom. The van der Waals surface area contributed by atoms with Crippen LogP contribution < -0.4 is 9.47 Å². The fourth-order valence-electron chi connectivity index (χ4n) is 6.51. The molecular formula is C21H24N2O3. The van der Waals surface area contributed by atoms with Crippen LogP contribution in [0.4, 0.5) is 5.69 Å². The Morgan fingerprint density at radius 3 is 2.96 bits per heavy atom. The normalized spacial score (nSPS) is 42.2. The van der Waals surface area contributed by atoms with Gasteiger partial charge in [0.05, 0.1) is 26.2 Å². The average molecular weight is 352 g/mol. The smallest absolute Gasteiger partial charge is 0.201 e. The van der Waals surface area contributed by atoms with Gasteiger partial charge in [-0.1, -0.05) is 11.6 Å². The van der Waals surface area contributed by atoms with E-state index in [-0.39, 0.29) is 5.41 Å². The van der Waals surface area contributed by atoms with Crippen LogP contribution in [-0.2, 0) is 10.2 Å². The minimum absolute atomic E-state index is 0.134. The average Bonchev–Trinajstić information content (AvgIpc) is 3.04. The molecule has 7 rings (SSSR count). The fourth-order valence-corrected chi connectivity index (χ4v) is 6.51. The van der Waals surface area contributed by atoms with Crippen molar-refractivity contribution >= 4 is 11.6 Å². The third kappa shape index (κ3) is 1.51. The molecule has 136 valence electrons. The van der Waals surface area contributed by atoms with Crippen molar-refractivity contribution in [1.29, 1.82) is 0 Å². The summed E-state index contributed by atoms with van der Waals surface area (Å²) in [6, 6.07) is 5.16. The quantitative estimate of drug-likeness (QED) is 0.768. The van der Waals surface area contributed by atoms with Crippen LogP contribution in [0.5, 0.6) is 11.5 Å². The maximum absolute atomic E-state index is 6.39. The van der Waals surface area contributed by atoms with E-state index < -0.39 is 0 Å². The summed E-state index contributed by atoms with van der Waals surface area (Å²) in [5.74, 6) is 3.79. The van der Waals surface area contributed by atoms with E-state index in [0.717, 1.165) is 42.7 Å². The van der Waals surface area contributed by atoms with Crippen molar-refractivity contribution in [2.45, 2.75) is 37.3 Å². The third-order valence-electron chi connectivity index (χ3n) is 7.62. The predicted molar refractivity (Wildman–Crippen MR) is 98.5 cm³/mol. The van der Waals surface area contributed by atoms with Gasteiger partial charge in [0.15, 0.2) is 0 Å². The van der Waals surface area contributed by atoms with E-state index in [1.807, 2.05) is 6.07 Å². The lowest BCUT2D eigenvalue weighted by Gasteiger charge is -2.54. The van der Waals surface area contributed by atoms with Gasteiger partial charge in [-0.15, -0.1) is 0 Å². The molecule has 6 aliphatic rings. The van der Waals surface area contributed by atoms with Crippen molar-refractivity contribution in [3.05, 3.63) is 29.3 Å². The van der Waals surface area contributed by atoms with E-state index in [2.05, 4.69) is 24.0 Å². The molecule has 1 spiro atoms. The van der Waals surface area contributed by atoms with E-state index in [0.29, 0.717) is 23.9 Å². The second-order valence-electron chi connectivity index (χ2n) is 8.25. The molecule has 6 atom stereocenters. The summed E-state index contributed by atoms with van der Waals surface area (Å²) in [5.41, 5.74) is 3.65. The SMILES string of the molecule is CC=C1CN2C3CC45C(=Nc6c(OC)cc(OC)cc64)OCC3C1CC25. The first kappa shape index (κ1) is 15.1. The van der Waals surface area contributed by atoms with Crippen molar-refractivity contribution in [2.75, 3.05) is 27.4 Å². The lowest BCUT2D eigenvalue weighted by molar-refractivity contribution is -0.0150. The molecule has 5 nitrogen and oxygen atoms in total. The van der Waals surface area contributed by atoms with Gasteiger partial charge in [0, 0.05) is 36.2 Å². The Kier molecular flexibility index (Phi) is 2.80. The number of hydrogen-bond acceptors (Lipinski definition) is 5. The molecule has 26 heavy (non-hydrogen) atoms. The Labute approximate surface area is 153 Å². The van der Waals surface area contributed by atoms with Gasteiger partial charge in [0.2, 0.25) is 5.90 Å². The zero-order chi connectivity index (χ0) is 17.6. The van der Waals surface area contributed by atoms with Gasteiger partial charge in [-0.25, -0.2) is 4.99 Å². The standard InChI is InChI=1S/C21H24N2O3/c1-4-11-9-23-16-8-21-15-5-12(24-2)6-17(25-3)19(15)22-20(21)26-10-14(16)13(11)7-18(21)23/h4-6,13-14,16,18H,7-10H2,1-3H3. The van der Waals surface area contributed by atoms with Crippen molar-refractivity contribution < 1.29 is 14.2 Å². The monoisotopic (exact) mass is 352 g/mol. The van der Waals surface area contributed by atoms with Crippen LogP contribution in [0.2, 0.25) is 0 Å². The molecule has 1 aromatic carbocycles. The molecule has 0 N–H and O–H groups in total. The molecule has 5 heteroatoms. The van der Waals surface area contributed by atoms with Gasteiger partial charge in [-0.2, -0.15) is 0 Å². The van der Waals surface area contributed by atoms with E-state index in [1.165, 1.54) is 12.0 Å². The van der Waals surface area contributed by atoms with E-state index in [1.54, 1.807) is 19.8 Å². The topological polar surface area (TPSA) is 43.3 Å². The van der Waals surface area contributed by atoms with Crippen LogP contribution in [0.3, 0.4) is 0 Å². The lowest BCUT2D eigenvalue weighted by Crippen LogP contribution is -2.61. The van der Waals surface area contributed by atoms with Crippen LogP contribution in [0.25, 0.3) is 0 Å². The van der Waals surface area contributed by atoms with Crippen molar-refractivity contribution in [1.82, 2.24) is 4.90 Å². The highest BCUT2D eigenvalue weighted by Gasteiger charge is 2.69. The van der Waals surface area contributed by atoms with Crippen LogP contribution in [0.1, 0.15) is 25.3 Å². The second-order valence-corrected chi connectivity index (χ2v) is 8.25. The first-order chi connectivity index (χ1) is 12.7. The highest BCUT2D eigenvalue weighted by molar-refractivity contribution is 6.00. The van der Waals surface area contributed by atoms with E-state index in [4.69, 9.17) is 19.2 Å². The first-order valence-corrected chi connectivity index (χ1v) is 9.60. The zero-order valence-electron chi connectivity index (χ0n) is 15.5. The third-order valence-corrected chi connectivity index (χ3v) is 7.62. The van der Waals surface area contributed by atoms with Gasteiger partial charge in [0.25, 0.3) is 0 Å². The Bertz CT molecular complexity index is 876. The van der Waals surface area contributed by atoms with Crippen molar-refractivity contribution in [3.8, 4) is 11.5 Å². The number of nitrogens with zero attached hydrogens (tertiary/aromatic N) is 2. The number of piperidine rings is 3. The van der Waals surface area contributed by atoms with Gasteiger partial charge < -0.3 is 14.2 Å². The first-order valence-electron chi connectivity index (χ1n) is 9.60. The van der Waals surface area contributed by atoms with Crippen LogP contribution in [-0.4, -0.2) is 50.3 Å². The number of fused-ring (bicyclic) bond motifs is 2. The van der Waals surface area contributed by atoms with E-state index in [9.17, 15) is 0 Å². The highest BCUT2D eigenvalue weighted by Crippen LogP contribution is 2.64. The second kappa shape index (κ2) is 4.83. The van der Waals surface area contributed by atoms with Crippen molar-refractivity contribution in [2.24, 2.45) is 16.8 Å². The summed E-state index contributed by atoms with van der Waals surface area (Å²) in [5, 5.41) is 0. The molecule has 0 saturated carbocycles. The summed E-state index contributed by atoms with van der Waals surface area (Å²) in [7, 11) is 3.42. The van der Waals surface area contributed by atoms with Gasteiger partial charge >= 0.3 is 0 Å². The number of benzene rings is 1. The summed E-state index contributed by atoms with van der Waals surface area (Å²) in [6.07, 6.45) is 4.65. The Balaban J connectivity index is 1.58. The molecule has 0 aliphatic carbocycles. The van der Waals surface area contributed by atoms with Crippen LogP contribution in [0.15, 0.2) is 28.8 Å². The number of aliphatic imine (C=N–C) groups is 1. The fraction of sp³-hybridized carbons (Fsp3) is 0.571. The zero-order valence-corrected chi connectivity index (χ0v) is 15.5. The number of rotatable bonds is 2. The number of hydrogen-bond donors (Lipinski definition) is 0. The maximum Gasteiger partial charge on any atom is 0.201 e. The number of methoxy groups -OCH3 is 2. The van der Waals surface area contributed by atoms with E-state index >= 15 is 0 Å². The van der Waals surface area contributed by atoms with Crippen LogP contribution in [0, 0.1) is 11.8 Å². The van der Waals surface area contributed by atoms with Crippen molar-refractivity contribution in [3.63, 3.8) is 0 Å². The summed E-state index contributed by atoms with van der Waals surface area (Å²) in [4.78, 5) is 7.71. The van der Waals surface area contributed by atoms with Gasteiger partial charge in [0.1, 0.15) is 17.2 Å². The molecule has 5 saturated heterocycles. The maximum atomic E-state index is 6.39. The Hall–Kier alpha value is -2.01. The molecule has 0 radical (unpaired) electrons. The molecule has 5 fully saturated rings.